The molecule has 26 heavy (non-hydrogen) atoms. The molecule has 140 valence electrons. The average Bonchev–Trinajstić information content (AvgIpc) is 2.49. The molecule has 0 aliphatic carbocycles. The maximum atomic E-state index is 2.56. The predicted octanol–water partition coefficient (Wildman–Crippen LogP) is 5.20. The third-order valence-electron chi connectivity index (χ3n) is 6.13. The first kappa shape index (κ1) is 19.1. The lowest BCUT2D eigenvalue weighted by Crippen LogP contribution is -2.47. The van der Waals surface area contributed by atoms with E-state index in [0.29, 0.717) is 12.1 Å². The zero-order chi connectivity index (χ0) is 19.2. The number of hydrogen-bond acceptors (Lipinski definition) is 2. The van der Waals surface area contributed by atoms with Crippen LogP contribution in [0.5, 0.6) is 0 Å². The molecule has 1 aliphatic rings. The van der Waals surface area contributed by atoms with Crippen LogP contribution in [-0.2, 0) is 0 Å². The first-order valence-electron chi connectivity index (χ1n) is 9.75. The number of hydrogen-bond donors (Lipinski definition) is 0. The lowest BCUT2D eigenvalue weighted by Gasteiger charge is -2.45. The second kappa shape index (κ2) is 7.17. The normalized spacial score (nSPS) is 22.0. The zero-order valence-electron chi connectivity index (χ0n) is 17.8. The van der Waals surface area contributed by atoms with E-state index < -0.39 is 0 Å². The molecule has 1 saturated heterocycles. The monoisotopic (exact) mass is 350 g/mol. The molecule has 3 rings (SSSR count). The maximum absolute atomic E-state index is 2.56. The summed E-state index contributed by atoms with van der Waals surface area (Å²) in [5.41, 5.74) is 11.4. The van der Waals surface area contributed by atoms with E-state index in [4.69, 9.17) is 0 Å². The third kappa shape index (κ3) is 3.45. The molecule has 0 radical (unpaired) electrons. The largest absolute Gasteiger partial charge is 0.296 e. The summed E-state index contributed by atoms with van der Waals surface area (Å²) < 4.78 is 0. The van der Waals surface area contributed by atoms with E-state index in [9.17, 15) is 0 Å². The van der Waals surface area contributed by atoms with Crippen LogP contribution < -0.4 is 0 Å². The van der Waals surface area contributed by atoms with Gasteiger partial charge in [-0.2, -0.15) is 0 Å². The zero-order valence-corrected chi connectivity index (χ0v) is 17.8. The van der Waals surface area contributed by atoms with Crippen LogP contribution in [0.2, 0.25) is 0 Å². The van der Waals surface area contributed by atoms with Crippen molar-refractivity contribution < 1.29 is 0 Å². The summed E-state index contributed by atoms with van der Waals surface area (Å²) in [7, 11) is 4.59. The summed E-state index contributed by atoms with van der Waals surface area (Å²) in [5, 5.41) is 0. The van der Waals surface area contributed by atoms with Crippen molar-refractivity contribution in [1.29, 1.82) is 0 Å². The average molecular weight is 351 g/mol. The Labute approximate surface area is 159 Å². The summed E-state index contributed by atoms with van der Waals surface area (Å²) in [5.74, 6) is 0. The van der Waals surface area contributed by atoms with E-state index in [0.717, 1.165) is 13.1 Å². The molecule has 0 aromatic heterocycles. The van der Waals surface area contributed by atoms with Crippen molar-refractivity contribution in [2.75, 3.05) is 27.2 Å². The molecule has 0 bridgehead atoms. The van der Waals surface area contributed by atoms with Crippen molar-refractivity contribution in [1.82, 2.24) is 9.80 Å². The van der Waals surface area contributed by atoms with Crippen LogP contribution in [0.15, 0.2) is 24.3 Å². The highest BCUT2D eigenvalue weighted by molar-refractivity contribution is 5.42. The Bertz CT molecular complexity index is 705. The van der Waals surface area contributed by atoms with E-state index in [2.05, 4.69) is 89.7 Å². The first-order valence-corrected chi connectivity index (χ1v) is 9.75. The van der Waals surface area contributed by atoms with Crippen LogP contribution in [0, 0.1) is 41.5 Å². The minimum absolute atomic E-state index is 0.461. The number of likely N-dealkylation sites (N-methyl/N-ethyl adjacent to an activating group) is 2. The second-order valence-electron chi connectivity index (χ2n) is 8.54. The van der Waals surface area contributed by atoms with Gasteiger partial charge in [0, 0.05) is 25.2 Å². The van der Waals surface area contributed by atoms with Crippen LogP contribution in [0.4, 0.5) is 0 Å². The van der Waals surface area contributed by atoms with E-state index in [1.807, 2.05) is 0 Å². The van der Waals surface area contributed by atoms with E-state index in [-0.39, 0.29) is 0 Å². The molecule has 2 heteroatoms. The summed E-state index contributed by atoms with van der Waals surface area (Å²) in [6, 6.07) is 10.2. The SMILES string of the molecule is Cc1cc(C)c([C@@H]2CN(C)[C@H](c3c(C)cc(C)cc3C)CN2C)c(C)c1. The fraction of sp³-hybridized carbons (Fsp3) is 0.500. The molecule has 2 aromatic rings. The summed E-state index contributed by atoms with van der Waals surface area (Å²) in [4.78, 5) is 5.13. The molecule has 2 nitrogen and oxygen atoms in total. The highest BCUT2D eigenvalue weighted by Crippen LogP contribution is 2.37. The van der Waals surface area contributed by atoms with Crippen molar-refractivity contribution in [3.05, 3.63) is 68.8 Å². The smallest absolute Gasteiger partial charge is 0.0478 e. The summed E-state index contributed by atoms with van der Waals surface area (Å²) >= 11 is 0. The van der Waals surface area contributed by atoms with Gasteiger partial charge in [-0.1, -0.05) is 35.4 Å². The van der Waals surface area contributed by atoms with Crippen molar-refractivity contribution in [3.63, 3.8) is 0 Å². The third-order valence-corrected chi connectivity index (χ3v) is 6.13. The van der Waals surface area contributed by atoms with Crippen LogP contribution in [0.3, 0.4) is 0 Å². The number of rotatable bonds is 2. The van der Waals surface area contributed by atoms with Crippen LogP contribution >= 0.6 is 0 Å². The highest BCUT2D eigenvalue weighted by Gasteiger charge is 2.34. The molecule has 0 unspecified atom stereocenters. The van der Waals surface area contributed by atoms with Gasteiger partial charge in [0.2, 0.25) is 0 Å². The molecular weight excluding hydrogens is 316 g/mol. The molecular formula is C24H34N2. The molecule has 2 atom stereocenters. The van der Waals surface area contributed by atoms with Gasteiger partial charge in [0.25, 0.3) is 0 Å². The number of nitrogens with zero attached hydrogens (tertiary/aromatic N) is 2. The van der Waals surface area contributed by atoms with Crippen molar-refractivity contribution in [3.8, 4) is 0 Å². The van der Waals surface area contributed by atoms with Gasteiger partial charge in [-0.15, -0.1) is 0 Å². The number of piperazine rings is 1. The minimum atomic E-state index is 0.461. The Hall–Kier alpha value is -1.64. The van der Waals surface area contributed by atoms with Crippen molar-refractivity contribution in [2.45, 2.75) is 53.6 Å². The van der Waals surface area contributed by atoms with Gasteiger partial charge >= 0.3 is 0 Å². The van der Waals surface area contributed by atoms with Crippen LogP contribution in [0.1, 0.15) is 56.6 Å². The van der Waals surface area contributed by atoms with Gasteiger partial charge in [0.05, 0.1) is 0 Å². The fourth-order valence-electron chi connectivity index (χ4n) is 5.14. The maximum Gasteiger partial charge on any atom is 0.0478 e. The summed E-state index contributed by atoms with van der Waals surface area (Å²) in [6.07, 6.45) is 0. The van der Waals surface area contributed by atoms with E-state index in [1.165, 1.54) is 44.5 Å². The molecule has 0 spiro atoms. The van der Waals surface area contributed by atoms with Gasteiger partial charge in [-0.25, -0.2) is 0 Å². The number of benzene rings is 2. The molecule has 0 N–H and O–H groups in total. The fourth-order valence-corrected chi connectivity index (χ4v) is 5.14. The van der Waals surface area contributed by atoms with Gasteiger partial charge in [-0.05, 0) is 89.0 Å². The Morgan fingerprint density at radius 2 is 0.846 bits per heavy atom. The second-order valence-corrected chi connectivity index (χ2v) is 8.54. The van der Waals surface area contributed by atoms with E-state index in [1.54, 1.807) is 0 Å². The van der Waals surface area contributed by atoms with Crippen LogP contribution in [-0.4, -0.2) is 37.0 Å². The Morgan fingerprint density at radius 1 is 0.577 bits per heavy atom. The lowest BCUT2D eigenvalue weighted by atomic mass is 9.87. The van der Waals surface area contributed by atoms with Crippen molar-refractivity contribution >= 4 is 0 Å². The standard InChI is InChI=1S/C24H34N2/c1-15-9-17(3)23(18(4)10-15)21-13-26(8)22(14-25(21)7)24-19(5)11-16(2)12-20(24)6/h9-12,21-22H,13-14H2,1-8H3/t21-,22-/m0/s1. The quantitative estimate of drug-likeness (QED) is 0.735. The minimum Gasteiger partial charge on any atom is -0.296 e. The molecule has 0 saturated carbocycles. The predicted molar refractivity (Wildman–Crippen MR) is 112 cm³/mol. The molecule has 1 heterocycles. The number of aryl methyl sites for hydroxylation is 6. The van der Waals surface area contributed by atoms with Gasteiger partial charge in [0.15, 0.2) is 0 Å². The molecule has 1 aliphatic heterocycles. The van der Waals surface area contributed by atoms with Gasteiger partial charge in [0.1, 0.15) is 0 Å². The Kier molecular flexibility index (Phi) is 5.28. The van der Waals surface area contributed by atoms with E-state index >= 15 is 0 Å². The highest BCUT2D eigenvalue weighted by atomic mass is 15.3. The molecule has 2 aromatic carbocycles. The summed E-state index contributed by atoms with van der Waals surface area (Å²) in [6.45, 7) is 15.6. The van der Waals surface area contributed by atoms with Gasteiger partial charge in [-0.3, -0.25) is 9.80 Å². The van der Waals surface area contributed by atoms with Crippen LogP contribution in [0.25, 0.3) is 0 Å². The van der Waals surface area contributed by atoms with Gasteiger partial charge < -0.3 is 0 Å². The Balaban J connectivity index is 1.94. The first-order chi connectivity index (χ1) is 12.2. The molecule has 0 amide bonds. The Morgan fingerprint density at radius 3 is 1.12 bits per heavy atom. The molecule has 1 fully saturated rings. The van der Waals surface area contributed by atoms with Crippen molar-refractivity contribution in [2.24, 2.45) is 0 Å². The lowest BCUT2D eigenvalue weighted by molar-refractivity contribution is 0.0612. The topological polar surface area (TPSA) is 6.48 Å².